The first-order valence-electron chi connectivity index (χ1n) is 4.11. The van der Waals surface area contributed by atoms with Gasteiger partial charge >= 0.3 is 6.01 Å². The van der Waals surface area contributed by atoms with E-state index in [2.05, 4.69) is 15.1 Å². The number of nitrogens with zero attached hydrogens (tertiary/aromatic N) is 3. The summed E-state index contributed by atoms with van der Waals surface area (Å²) in [5, 5.41) is 7.74. The first-order chi connectivity index (χ1) is 6.40. The van der Waals surface area contributed by atoms with Gasteiger partial charge in [0, 0.05) is 24.6 Å². The summed E-state index contributed by atoms with van der Waals surface area (Å²) in [7, 11) is 0. The van der Waals surface area contributed by atoms with Crippen LogP contribution >= 0.6 is 23.4 Å². The lowest BCUT2D eigenvalue weighted by molar-refractivity contribution is 0.503. The van der Waals surface area contributed by atoms with Crippen molar-refractivity contribution in [2.45, 2.75) is 5.88 Å². The molecule has 0 amide bonds. The van der Waals surface area contributed by atoms with Gasteiger partial charge in [-0.3, -0.25) is 0 Å². The SMILES string of the molecule is ClCc1nnc(N2CCSCC2)o1. The number of halogens is 1. The highest BCUT2D eigenvalue weighted by Gasteiger charge is 2.16. The molecule has 1 aliphatic rings. The number of aromatic nitrogens is 2. The highest BCUT2D eigenvalue weighted by atomic mass is 35.5. The third-order valence-corrected chi connectivity index (χ3v) is 3.02. The van der Waals surface area contributed by atoms with E-state index in [4.69, 9.17) is 16.0 Å². The van der Waals surface area contributed by atoms with Crippen LogP contribution in [0.1, 0.15) is 5.89 Å². The summed E-state index contributed by atoms with van der Waals surface area (Å²) in [5.74, 6) is 3.03. The third kappa shape index (κ3) is 2.08. The van der Waals surface area contributed by atoms with Crippen molar-refractivity contribution in [2.24, 2.45) is 0 Å². The molecule has 0 aromatic carbocycles. The van der Waals surface area contributed by atoms with Crippen LogP contribution in [0.4, 0.5) is 6.01 Å². The van der Waals surface area contributed by atoms with Crippen LogP contribution in [0.3, 0.4) is 0 Å². The van der Waals surface area contributed by atoms with Crippen LogP contribution in [-0.2, 0) is 5.88 Å². The lowest BCUT2D eigenvalue weighted by Gasteiger charge is -2.23. The first-order valence-corrected chi connectivity index (χ1v) is 5.80. The zero-order valence-corrected chi connectivity index (χ0v) is 8.64. The van der Waals surface area contributed by atoms with Gasteiger partial charge in [0.1, 0.15) is 5.88 Å². The van der Waals surface area contributed by atoms with Crippen LogP contribution in [0.2, 0.25) is 0 Å². The second-order valence-corrected chi connectivity index (χ2v) is 4.20. The Morgan fingerprint density at radius 1 is 1.38 bits per heavy atom. The standard InChI is InChI=1S/C7H10ClN3OS/c8-5-6-9-10-7(12-6)11-1-3-13-4-2-11/h1-5H2. The van der Waals surface area contributed by atoms with Gasteiger partial charge in [0.05, 0.1) is 0 Å². The Morgan fingerprint density at radius 3 is 2.77 bits per heavy atom. The van der Waals surface area contributed by atoms with Crippen molar-refractivity contribution in [1.29, 1.82) is 0 Å². The molecule has 2 heterocycles. The Morgan fingerprint density at radius 2 is 2.15 bits per heavy atom. The fraction of sp³-hybridized carbons (Fsp3) is 0.714. The van der Waals surface area contributed by atoms with Crippen molar-refractivity contribution in [3.05, 3.63) is 5.89 Å². The van der Waals surface area contributed by atoms with Crippen molar-refractivity contribution in [1.82, 2.24) is 10.2 Å². The van der Waals surface area contributed by atoms with E-state index < -0.39 is 0 Å². The summed E-state index contributed by atoms with van der Waals surface area (Å²) < 4.78 is 5.33. The quantitative estimate of drug-likeness (QED) is 0.703. The molecule has 0 radical (unpaired) electrons. The second kappa shape index (κ2) is 4.19. The minimum absolute atomic E-state index is 0.287. The minimum atomic E-state index is 0.287. The molecule has 1 aliphatic heterocycles. The summed E-state index contributed by atoms with van der Waals surface area (Å²) >= 11 is 7.51. The van der Waals surface area contributed by atoms with Gasteiger partial charge in [-0.05, 0) is 0 Å². The fourth-order valence-electron chi connectivity index (χ4n) is 1.18. The molecule has 13 heavy (non-hydrogen) atoms. The largest absolute Gasteiger partial charge is 0.407 e. The van der Waals surface area contributed by atoms with Gasteiger partial charge in [0.15, 0.2) is 0 Å². The molecule has 0 N–H and O–H groups in total. The molecule has 4 nitrogen and oxygen atoms in total. The highest BCUT2D eigenvalue weighted by molar-refractivity contribution is 7.99. The Labute approximate surface area is 85.6 Å². The van der Waals surface area contributed by atoms with Crippen LogP contribution in [0.15, 0.2) is 4.42 Å². The predicted molar refractivity (Wildman–Crippen MR) is 53.4 cm³/mol. The van der Waals surface area contributed by atoms with Gasteiger partial charge < -0.3 is 9.32 Å². The van der Waals surface area contributed by atoms with Crippen LogP contribution in [0.5, 0.6) is 0 Å². The molecule has 0 unspecified atom stereocenters. The molecule has 1 aromatic heterocycles. The van der Waals surface area contributed by atoms with Crippen molar-refractivity contribution >= 4 is 29.4 Å². The van der Waals surface area contributed by atoms with E-state index in [1.54, 1.807) is 0 Å². The molecule has 72 valence electrons. The Hall–Kier alpha value is -0.420. The lowest BCUT2D eigenvalue weighted by Crippen LogP contribution is -2.32. The Kier molecular flexibility index (Phi) is 2.95. The van der Waals surface area contributed by atoms with E-state index in [-0.39, 0.29) is 5.88 Å². The predicted octanol–water partition coefficient (Wildman–Crippen LogP) is 1.36. The summed E-state index contributed by atoms with van der Waals surface area (Å²) in [4.78, 5) is 2.10. The number of alkyl halides is 1. The normalized spacial score (nSPS) is 17.8. The molecule has 1 aromatic rings. The number of thioether (sulfide) groups is 1. The molecule has 0 saturated carbocycles. The van der Waals surface area contributed by atoms with Gasteiger partial charge in [-0.25, -0.2) is 0 Å². The summed E-state index contributed by atoms with van der Waals surface area (Å²) in [6, 6.07) is 0.607. The Balaban J connectivity index is 2.05. The van der Waals surface area contributed by atoms with E-state index in [1.165, 1.54) is 0 Å². The van der Waals surface area contributed by atoms with Gasteiger partial charge in [0.2, 0.25) is 5.89 Å². The molecule has 0 spiro atoms. The average Bonchev–Trinajstić information content (AvgIpc) is 2.67. The van der Waals surface area contributed by atoms with E-state index in [9.17, 15) is 0 Å². The number of rotatable bonds is 2. The zero-order chi connectivity index (χ0) is 9.10. The molecule has 2 rings (SSSR count). The van der Waals surface area contributed by atoms with Crippen molar-refractivity contribution in [2.75, 3.05) is 29.5 Å². The zero-order valence-electron chi connectivity index (χ0n) is 7.07. The van der Waals surface area contributed by atoms with Crippen molar-refractivity contribution in [3.63, 3.8) is 0 Å². The van der Waals surface area contributed by atoms with E-state index in [1.807, 2.05) is 11.8 Å². The minimum Gasteiger partial charge on any atom is -0.407 e. The van der Waals surface area contributed by atoms with Gasteiger partial charge in [-0.15, -0.1) is 16.7 Å². The highest BCUT2D eigenvalue weighted by Crippen LogP contribution is 2.18. The van der Waals surface area contributed by atoms with Gasteiger partial charge in [0.25, 0.3) is 0 Å². The first kappa shape index (κ1) is 9.15. The summed E-state index contributed by atoms with van der Waals surface area (Å²) in [5.41, 5.74) is 0. The number of hydrogen-bond acceptors (Lipinski definition) is 5. The van der Waals surface area contributed by atoms with Crippen LogP contribution in [0.25, 0.3) is 0 Å². The number of anilines is 1. The monoisotopic (exact) mass is 219 g/mol. The molecule has 1 saturated heterocycles. The molecule has 6 heteroatoms. The molecule has 0 bridgehead atoms. The van der Waals surface area contributed by atoms with Gasteiger partial charge in [-0.1, -0.05) is 5.10 Å². The maximum absolute atomic E-state index is 5.56. The lowest BCUT2D eigenvalue weighted by atomic mass is 10.5. The Bertz CT molecular complexity index is 274. The summed E-state index contributed by atoms with van der Waals surface area (Å²) in [6.45, 7) is 1.96. The van der Waals surface area contributed by atoms with E-state index in [0.717, 1.165) is 24.6 Å². The third-order valence-electron chi connectivity index (χ3n) is 1.85. The molecular weight excluding hydrogens is 210 g/mol. The van der Waals surface area contributed by atoms with Gasteiger partial charge in [-0.2, -0.15) is 11.8 Å². The van der Waals surface area contributed by atoms with Crippen LogP contribution < -0.4 is 4.90 Å². The maximum Gasteiger partial charge on any atom is 0.318 e. The van der Waals surface area contributed by atoms with Crippen LogP contribution in [0, 0.1) is 0 Å². The average molecular weight is 220 g/mol. The smallest absolute Gasteiger partial charge is 0.318 e. The molecule has 0 aliphatic carbocycles. The number of hydrogen-bond donors (Lipinski definition) is 0. The van der Waals surface area contributed by atoms with E-state index in [0.29, 0.717) is 11.9 Å². The van der Waals surface area contributed by atoms with Crippen LogP contribution in [-0.4, -0.2) is 34.8 Å². The second-order valence-electron chi connectivity index (χ2n) is 2.71. The summed E-state index contributed by atoms with van der Waals surface area (Å²) in [6.07, 6.45) is 0. The molecule has 1 fully saturated rings. The molecule has 0 atom stereocenters. The molecular formula is C7H10ClN3OS. The van der Waals surface area contributed by atoms with Crippen molar-refractivity contribution < 1.29 is 4.42 Å². The van der Waals surface area contributed by atoms with Crippen molar-refractivity contribution in [3.8, 4) is 0 Å². The maximum atomic E-state index is 5.56. The fourth-order valence-corrected chi connectivity index (χ4v) is 2.19. The van der Waals surface area contributed by atoms with E-state index >= 15 is 0 Å². The topological polar surface area (TPSA) is 42.2 Å².